The van der Waals surface area contributed by atoms with Crippen LogP contribution in [-0.2, 0) is 9.59 Å². The van der Waals surface area contributed by atoms with Crippen molar-refractivity contribution in [3.05, 3.63) is 0 Å². The van der Waals surface area contributed by atoms with Gasteiger partial charge in [0.2, 0.25) is 11.8 Å². The van der Waals surface area contributed by atoms with Gasteiger partial charge in [0.15, 0.2) is 0 Å². The Kier molecular flexibility index (Phi) is 5.42. The van der Waals surface area contributed by atoms with E-state index in [1.807, 2.05) is 25.7 Å². The normalized spacial score (nSPS) is 25.7. The highest BCUT2D eigenvalue weighted by molar-refractivity contribution is 5.82. The van der Waals surface area contributed by atoms with Gasteiger partial charge in [0.05, 0.1) is 0 Å². The topological polar surface area (TPSA) is 49.4 Å². The number of nitrogens with zero attached hydrogens (tertiary/aromatic N) is 1. The van der Waals surface area contributed by atoms with Crippen molar-refractivity contribution in [3.8, 4) is 0 Å². The summed E-state index contributed by atoms with van der Waals surface area (Å²) in [7, 11) is 0. The number of rotatable bonds is 4. The first kappa shape index (κ1) is 18.3. The smallest absolute Gasteiger partial charge is 0.228 e. The van der Waals surface area contributed by atoms with Crippen LogP contribution in [0.4, 0.5) is 0 Å². The number of likely N-dealkylation sites (tertiary alicyclic amines) is 1. The van der Waals surface area contributed by atoms with E-state index in [4.69, 9.17) is 0 Å². The first-order chi connectivity index (χ1) is 10.6. The van der Waals surface area contributed by atoms with Crippen molar-refractivity contribution in [2.75, 3.05) is 13.1 Å². The fourth-order valence-electron chi connectivity index (χ4n) is 3.95. The maximum absolute atomic E-state index is 12.7. The molecule has 23 heavy (non-hydrogen) atoms. The van der Waals surface area contributed by atoms with Crippen molar-refractivity contribution in [1.29, 1.82) is 0 Å². The van der Waals surface area contributed by atoms with E-state index in [-0.39, 0.29) is 22.8 Å². The number of nitrogens with one attached hydrogen (secondary N) is 1. The summed E-state index contributed by atoms with van der Waals surface area (Å²) >= 11 is 0. The third kappa shape index (κ3) is 4.71. The van der Waals surface area contributed by atoms with Gasteiger partial charge in [0.25, 0.3) is 0 Å². The molecule has 0 bridgehead atoms. The van der Waals surface area contributed by atoms with Gasteiger partial charge in [-0.05, 0) is 44.4 Å². The average molecular weight is 322 g/mol. The molecule has 1 aliphatic carbocycles. The Morgan fingerprint density at radius 1 is 1.04 bits per heavy atom. The Bertz CT molecular complexity index is 445. The predicted molar refractivity (Wildman–Crippen MR) is 92.9 cm³/mol. The lowest BCUT2D eigenvalue weighted by molar-refractivity contribution is -0.140. The molecule has 2 atom stereocenters. The minimum atomic E-state index is -0.330. The van der Waals surface area contributed by atoms with Crippen LogP contribution >= 0.6 is 0 Å². The van der Waals surface area contributed by atoms with Crippen molar-refractivity contribution in [2.45, 2.75) is 79.2 Å². The van der Waals surface area contributed by atoms with Crippen molar-refractivity contribution in [1.82, 2.24) is 10.2 Å². The van der Waals surface area contributed by atoms with Crippen LogP contribution in [0.2, 0.25) is 0 Å². The summed E-state index contributed by atoms with van der Waals surface area (Å²) in [5, 5.41) is 3.18. The summed E-state index contributed by atoms with van der Waals surface area (Å²) in [6.07, 6.45) is 6.40. The molecule has 2 aliphatic rings. The molecule has 4 nitrogen and oxygen atoms in total. The van der Waals surface area contributed by atoms with Crippen molar-refractivity contribution in [2.24, 2.45) is 16.7 Å². The van der Waals surface area contributed by atoms with Gasteiger partial charge in [0, 0.05) is 30.0 Å². The number of hydrogen-bond acceptors (Lipinski definition) is 2. The second kappa shape index (κ2) is 6.82. The standard InChI is InChI=1S/C19H34N2O2/c1-18(2,3)16(22)20-15-9-8-14(12-15)13-19(4,5)17(23)21-10-6-7-11-21/h14-15H,6-13H2,1-5H3,(H,20,22). The van der Waals surface area contributed by atoms with Gasteiger partial charge < -0.3 is 10.2 Å². The molecule has 1 N–H and O–H groups in total. The molecule has 4 heteroatoms. The minimum absolute atomic E-state index is 0.135. The van der Waals surface area contributed by atoms with Gasteiger partial charge in [0.1, 0.15) is 0 Å². The molecular formula is C19H34N2O2. The fraction of sp³-hybridized carbons (Fsp3) is 0.895. The van der Waals surface area contributed by atoms with Gasteiger partial charge in [-0.25, -0.2) is 0 Å². The average Bonchev–Trinajstić information content (AvgIpc) is 3.08. The summed E-state index contributed by atoms with van der Waals surface area (Å²) in [6.45, 7) is 11.9. The summed E-state index contributed by atoms with van der Waals surface area (Å²) in [6, 6.07) is 0.282. The predicted octanol–water partition coefficient (Wildman–Crippen LogP) is 3.36. The largest absolute Gasteiger partial charge is 0.353 e. The first-order valence-electron chi connectivity index (χ1n) is 9.20. The van der Waals surface area contributed by atoms with Crippen LogP contribution in [-0.4, -0.2) is 35.8 Å². The molecule has 0 aromatic carbocycles. The molecule has 2 amide bonds. The quantitative estimate of drug-likeness (QED) is 0.863. The highest BCUT2D eigenvalue weighted by Crippen LogP contribution is 2.37. The van der Waals surface area contributed by atoms with E-state index in [9.17, 15) is 9.59 Å². The Hall–Kier alpha value is -1.06. The van der Waals surface area contributed by atoms with Crippen molar-refractivity contribution >= 4 is 11.8 Å². The Morgan fingerprint density at radius 3 is 2.22 bits per heavy atom. The zero-order chi connectivity index (χ0) is 17.3. The van der Waals surface area contributed by atoms with E-state index in [0.29, 0.717) is 11.8 Å². The molecule has 1 saturated heterocycles. The number of amides is 2. The zero-order valence-electron chi connectivity index (χ0n) is 15.6. The summed E-state index contributed by atoms with van der Waals surface area (Å²) < 4.78 is 0. The SMILES string of the molecule is CC(C)(C)C(=O)NC1CCC(CC(C)(C)C(=O)N2CCCC2)C1. The Morgan fingerprint density at radius 2 is 1.65 bits per heavy atom. The molecule has 1 saturated carbocycles. The molecular weight excluding hydrogens is 288 g/mol. The Labute approximate surface area is 141 Å². The maximum atomic E-state index is 12.7. The zero-order valence-corrected chi connectivity index (χ0v) is 15.6. The lowest BCUT2D eigenvalue weighted by Gasteiger charge is -2.31. The molecule has 0 radical (unpaired) electrons. The van der Waals surface area contributed by atoms with Crippen LogP contribution in [0.1, 0.15) is 73.1 Å². The van der Waals surface area contributed by atoms with Crippen molar-refractivity contribution in [3.63, 3.8) is 0 Å². The van der Waals surface area contributed by atoms with Crippen LogP contribution in [0.15, 0.2) is 0 Å². The molecule has 2 fully saturated rings. The van der Waals surface area contributed by atoms with E-state index < -0.39 is 0 Å². The van der Waals surface area contributed by atoms with Gasteiger partial charge >= 0.3 is 0 Å². The number of carbonyl (C=O) groups excluding carboxylic acids is 2. The highest BCUT2D eigenvalue weighted by atomic mass is 16.2. The molecule has 1 aliphatic heterocycles. The van der Waals surface area contributed by atoms with E-state index in [1.54, 1.807) is 0 Å². The summed E-state index contributed by atoms with van der Waals surface area (Å²) in [4.78, 5) is 26.9. The first-order valence-corrected chi connectivity index (χ1v) is 9.20. The lowest BCUT2D eigenvalue weighted by atomic mass is 9.80. The second-order valence-corrected chi connectivity index (χ2v) is 9.19. The molecule has 0 aromatic heterocycles. The van der Waals surface area contributed by atoms with E-state index in [0.717, 1.165) is 51.6 Å². The van der Waals surface area contributed by atoms with E-state index in [1.165, 1.54) is 0 Å². The lowest BCUT2D eigenvalue weighted by Crippen LogP contribution is -2.41. The van der Waals surface area contributed by atoms with Crippen molar-refractivity contribution < 1.29 is 9.59 Å². The highest BCUT2D eigenvalue weighted by Gasteiger charge is 2.38. The summed E-state index contributed by atoms with van der Waals surface area (Å²) in [5.41, 5.74) is -0.610. The second-order valence-electron chi connectivity index (χ2n) is 9.19. The fourth-order valence-corrected chi connectivity index (χ4v) is 3.95. The number of hydrogen-bond donors (Lipinski definition) is 1. The number of carbonyl (C=O) groups is 2. The van der Waals surface area contributed by atoms with Crippen LogP contribution in [0.3, 0.4) is 0 Å². The van der Waals surface area contributed by atoms with Gasteiger partial charge in [-0.15, -0.1) is 0 Å². The molecule has 2 unspecified atom stereocenters. The monoisotopic (exact) mass is 322 g/mol. The van der Waals surface area contributed by atoms with E-state index >= 15 is 0 Å². The Balaban J connectivity index is 1.84. The van der Waals surface area contributed by atoms with E-state index in [2.05, 4.69) is 19.2 Å². The molecule has 1 heterocycles. The molecule has 132 valence electrons. The molecule has 0 aromatic rings. The van der Waals surface area contributed by atoms with Crippen LogP contribution in [0.25, 0.3) is 0 Å². The minimum Gasteiger partial charge on any atom is -0.353 e. The van der Waals surface area contributed by atoms with Crippen LogP contribution < -0.4 is 5.32 Å². The van der Waals surface area contributed by atoms with Crippen LogP contribution in [0.5, 0.6) is 0 Å². The third-order valence-corrected chi connectivity index (χ3v) is 5.33. The van der Waals surface area contributed by atoms with Gasteiger partial charge in [-0.1, -0.05) is 34.6 Å². The molecule has 2 rings (SSSR count). The summed E-state index contributed by atoms with van der Waals surface area (Å²) in [5.74, 6) is 0.995. The van der Waals surface area contributed by atoms with Gasteiger partial charge in [-0.3, -0.25) is 9.59 Å². The van der Waals surface area contributed by atoms with Gasteiger partial charge in [-0.2, -0.15) is 0 Å². The van der Waals surface area contributed by atoms with Crippen LogP contribution in [0, 0.1) is 16.7 Å². The third-order valence-electron chi connectivity index (χ3n) is 5.33. The molecule has 0 spiro atoms. The maximum Gasteiger partial charge on any atom is 0.228 e.